The first-order chi connectivity index (χ1) is 16.7. The van der Waals surface area contributed by atoms with Crippen LogP contribution < -0.4 is 10.1 Å². The number of aromatic nitrogens is 2. The number of nitrogens with zero attached hydrogens (tertiary/aromatic N) is 3. The number of rotatable bonds is 5. The number of carbonyl (C=O) groups is 1. The quantitative estimate of drug-likeness (QED) is 0.619. The van der Waals surface area contributed by atoms with E-state index < -0.39 is 0 Å². The highest BCUT2D eigenvalue weighted by molar-refractivity contribution is 5.70. The number of piperidine rings is 3. The van der Waals surface area contributed by atoms with Crippen molar-refractivity contribution in [1.29, 1.82) is 0 Å². The molecule has 0 saturated carbocycles. The van der Waals surface area contributed by atoms with Gasteiger partial charge in [-0.25, -0.2) is 4.79 Å². The van der Waals surface area contributed by atoms with Crippen molar-refractivity contribution < 1.29 is 14.3 Å². The minimum absolute atomic E-state index is 0.0107. The number of fused-ring (bicyclic) bond motifs is 4. The second-order valence-corrected chi connectivity index (χ2v) is 9.58. The van der Waals surface area contributed by atoms with Crippen molar-refractivity contribution in [3.8, 4) is 16.9 Å². The fourth-order valence-electron chi connectivity index (χ4n) is 5.45. The maximum absolute atomic E-state index is 12.7. The van der Waals surface area contributed by atoms with Gasteiger partial charge < -0.3 is 14.8 Å². The predicted octanol–water partition coefficient (Wildman–Crippen LogP) is 4.24. The van der Waals surface area contributed by atoms with Gasteiger partial charge in [0.1, 0.15) is 11.9 Å². The van der Waals surface area contributed by atoms with E-state index in [1.807, 2.05) is 35.1 Å². The Hall–Kier alpha value is -3.32. The summed E-state index contributed by atoms with van der Waals surface area (Å²) in [6.45, 7) is 4.42. The van der Waals surface area contributed by atoms with Crippen LogP contribution in [0.3, 0.4) is 0 Å². The van der Waals surface area contributed by atoms with Crippen LogP contribution in [0.4, 0.5) is 4.79 Å². The summed E-state index contributed by atoms with van der Waals surface area (Å²) in [5, 5.41) is 7.62. The molecule has 4 aliphatic rings. The Morgan fingerprint density at radius 3 is 2.74 bits per heavy atom. The molecule has 4 aliphatic heterocycles. The normalized spacial score (nSPS) is 25.3. The van der Waals surface area contributed by atoms with Crippen molar-refractivity contribution in [2.24, 2.45) is 5.92 Å². The van der Waals surface area contributed by atoms with E-state index in [2.05, 4.69) is 45.8 Å². The molecular weight excluding hydrogens is 428 g/mol. The second kappa shape index (κ2) is 9.14. The van der Waals surface area contributed by atoms with Crippen molar-refractivity contribution >= 4 is 6.09 Å². The molecule has 2 atom stereocenters. The first-order valence-corrected chi connectivity index (χ1v) is 12.2. The highest BCUT2D eigenvalue weighted by Crippen LogP contribution is 2.36. The summed E-state index contributed by atoms with van der Waals surface area (Å²) in [6.07, 6.45) is 6.62. The molecule has 7 nitrogen and oxygen atoms in total. The van der Waals surface area contributed by atoms with Crippen LogP contribution >= 0.6 is 0 Å². The zero-order chi connectivity index (χ0) is 22.9. The van der Waals surface area contributed by atoms with Gasteiger partial charge in [-0.05, 0) is 49.0 Å². The lowest BCUT2D eigenvalue weighted by molar-refractivity contribution is -0.0342. The van der Waals surface area contributed by atoms with Crippen LogP contribution in [0.15, 0.2) is 60.9 Å². The molecule has 3 aromatic rings. The van der Waals surface area contributed by atoms with E-state index in [1.54, 1.807) is 0 Å². The van der Waals surface area contributed by atoms with E-state index >= 15 is 0 Å². The van der Waals surface area contributed by atoms with Gasteiger partial charge in [-0.2, -0.15) is 5.10 Å². The maximum Gasteiger partial charge on any atom is 0.407 e. The predicted molar refractivity (Wildman–Crippen MR) is 129 cm³/mol. The van der Waals surface area contributed by atoms with Crippen molar-refractivity contribution in [2.45, 2.75) is 38.0 Å². The van der Waals surface area contributed by atoms with Gasteiger partial charge in [0.2, 0.25) is 0 Å². The Kier molecular flexibility index (Phi) is 5.71. The first kappa shape index (κ1) is 21.2. The Labute approximate surface area is 199 Å². The van der Waals surface area contributed by atoms with Crippen molar-refractivity contribution in [1.82, 2.24) is 20.0 Å². The minimum Gasteiger partial charge on any atom is -0.493 e. The monoisotopic (exact) mass is 458 g/mol. The molecule has 2 aromatic carbocycles. The highest BCUT2D eigenvalue weighted by atomic mass is 16.6. The average Bonchev–Trinajstić information content (AvgIpc) is 3.34. The number of hydrogen-bond donors (Lipinski definition) is 1. The molecule has 1 N–H and O–H groups in total. The van der Waals surface area contributed by atoms with Crippen LogP contribution in [0.1, 0.15) is 36.4 Å². The van der Waals surface area contributed by atoms with Crippen molar-refractivity contribution in [3.63, 3.8) is 0 Å². The number of benzene rings is 2. The van der Waals surface area contributed by atoms with Gasteiger partial charge in [0.15, 0.2) is 0 Å². The summed E-state index contributed by atoms with van der Waals surface area (Å²) in [5.41, 5.74) is 4.30. The number of nitrogens with one attached hydrogen (secondary N) is 1. The van der Waals surface area contributed by atoms with Crippen LogP contribution in [-0.4, -0.2) is 53.1 Å². The third kappa shape index (κ3) is 4.40. The second-order valence-electron chi connectivity index (χ2n) is 9.58. The van der Waals surface area contributed by atoms with Crippen LogP contribution in [0.2, 0.25) is 0 Å². The van der Waals surface area contributed by atoms with Crippen LogP contribution in [0.5, 0.6) is 5.75 Å². The zero-order valence-electron chi connectivity index (χ0n) is 19.2. The van der Waals surface area contributed by atoms with E-state index in [9.17, 15) is 4.79 Å². The number of hydrogen-bond acceptors (Lipinski definition) is 5. The topological polar surface area (TPSA) is 68.6 Å². The number of amides is 1. The molecule has 1 amide bonds. The lowest BCUT2D eigenvalue weighted by Crippen LogP contribution is -2.52. The molecule has 1 aromatic heterocycles. The lowest BCUT2D eigenvalue weighted by atomic mass is 9.86. The third-order valence-corrected chi connectivity index (χ3v) is 7.35. The molecule has 2 bridgehead atoms. The SMILES string of the molecule is O=C(NC1CCOc2cc(-c3cnn(Cc4ccccc4)c3)ccc21)O[C@H]1CN2CCC1CC2. The molecule has 3 saturated heterocycles. The van der Waals surface area contributed by atoms with E-state index in [1.165, 1.54) is 5.56 Å². The summed E-state index contributed by atoms with van der Waals surface area (Å²) < 4.78 is 13.8. The molecule has 7 rings (SSSR count). The van der Waals surface area contributed by atoms with Gasteiger partial charge in [-0.15, -0.1) is 0 Å². The van der Waals surface area contributed by atoms with E-state index in [-0.39, 0.29) is 18.2 Å². The fourth-order valence-corrected chi connectivity index (χ4v) is 5.45. The summed E-state index contributed by atoms with van der Waals surface area (Å²) >= 11 is 0. The van der Waals surface area contributed by atoms with Crippen molar-refractivity contribution in [3.05, 3.63) is 72.1 Å². The van der Waals surface area contributed by atoms with Crippen LogP contribution in [0, 0.1) is 5.92 Å². The zero-order valence-corrected chi connectivity index (χ0v) is 19.2. The van der Waals surface area contributed by atoms with Gasteiger partial charge in [0.05, 0.1) is 25.4 Å². The molecule has 34 heavy (non-hydrogen) atoms. The molecule has 0 radical (unpaired) electrons. The fraction of sp³-hybridized carbons (Fsp3) is 0.407. The van der Waals surface area contributed by atoms with Crippen molar-refractivity contribution in [2.75, 3.05) is 26.2 Å². The molecule has 5 heterocycles. The number of carbonyl (C=O) groups excluding carboxylic acids is 1. The smallest absolute Gasteiger partial charge is 0.407 e. The Morgan fingerprint density at radius 2 is 1.94 bits per heavy atom. The van der Waals surface area contributed by atoms with Gasteiger partial charge in [-0.1, -0.05) is 42.5 Å². The van der Waals surface area contributed by atoms with Gasteiger partial charge in [0.25, 0.3) is 0 Å². The number of ether oxygens (including phenoxy) is 2. The standard InChI is InChI=1S/C27H30N4O3/c32-27(34-26-18-30-11-8-20(26)9-12-30)29-24-10-13-33-25-14-21(6-7-23(24)25)22-15-28-31(17-22)16-19-4-2-1-3-5-19/h1-7,14-15,17,20,24,26H,8-13,16,18H2,(H,29,32)/t24?,26-/m0/s1. The van der Waals surface area contributed by atoms with Gasteiger partial charge in [-0.3, -0.25) is 9.58 Å². The van der Waals surface area contributed by atoms with E-state index in [0.29, 0.717) is 12.5 Å². The highest BCUT2D eigenvalue weighted by Gasteiger charge is 2.37. The van der Waals surface area contributed by atoms with Gasteiger partial charge >= 0.3 is 6.09 Å². The summed E-state index contributed by atoms with van der Waals surface area (Å²) in [6, 6.07) is 16.4. The first-order valence-electron chi connectivity index (χ1n) is 12.2. The largest absolute Gasteiger partial charge is 0.493 e. The molecule has 176 valence electrons. The summed E-state index contributed by atoms with van der Waals surface area (Å²) in [4.78, 5) is 15.1. The Morgan fingerprint density at radius 1 is 1.09 bits per heavy atom. The summed E-state index contributed by atoms with van der Waals surface area (Å²) in [5.74, 6) is 1.32. The average molecular weight is 459 g/mol. The minimum atomic E-state index is -0.317. The summed E-state index contributed by atoms with van der Waals surface area (Å²) in [7, 11) is 0. The molecule has 0 spiro atoms. The third-order valence-electron chi connectivity index (χ3n) is 7.35. The Balaban J connectivity index is 1.13. The molecule has 7 heteroatoms. The Bertz CT molecular complexity index is 1150. The number of alkyl carbamates (subject to hydrolysis) is 1. The molecule has 1 unspecified atom stereocenters. The van der Waals surface area contributed by atoms with Crippen LogP contribution in [0.25, 0.3) is 11.1 Å². The van der Waals surface area contributed by atoms with E-state index in [0.717, 1.165) is 67.9 Å². The lowest BCUT2D eigenvalue weighted by Gasteiger charge is -2.44. The molecule has 0 aliphatic carbocycles. The molecule has 3 fully saturated rings. The molecular formula is C27H30N4O3. The van der Waals surface area contributed by atoms with E-state index in [4.69, 9.17) is 9.47 Å². The maximum atomic E-state index is 12.7. The van der Waals surface area contributed by atoms with Crippen LogP contribution in [-0.2, 0) is 11.3 Å². The van der Waals surface area contributed by atoms with Gasteiger partial charge in [0, 0.05) is 30.3 Å².